The van der Waals surface area contributed by atoms with Crippen molar-refractivity contribution in [1.29, 1.82) is 0 Å². The van der Waals surface area contributed by atoms with Crippen LogP contribution in [0.1, 0.15) is 74.7 Å². The fourth-order valence-corrected chi connectivity index (χ4v) is 4.64. The molecule has 5 rings (SSSR count). The summed E-state index contributed by atoms with van der Waals surface area (Å²) in [7, 11) is 0. The Bertz CT molecular complexity index is 808. The van der Waals surface area contributed by atoms with Gasteiger partial charge in [0, 0.05) is 30.6 Å². The molecule has 2 saturated carbocycles. The van der Waals surface area contributed by atoms with Gasteiger partial charge in [0.1, 0.15) is 17.5 Å². The number of nitrogens with zero attached hydrogens (tertiary/aromatic N) is 3. The molecule has 0 unspecified atom stereocenters. The fourth-order valence-electron chi connectivity index (χ4n) is 4.64. The van der Waals surface area contributed by atoms with Gasteiger partial charge in [-0.25, -0.2) is 9.97 Å². The molecule has 0 saturated heterocycles. The van der Waals surface area contributed by atoms with Crippen LogP contribution in [0, 0.1) is 0 Å². The standard InChI is InChI=1S/C23H30N4/c1-16-13-18-7-5-6-8-19(18)15-27(16)22-14-21(24-20-9-3-2-4-10-20)25-23(26-22)17-11-12-17/h5-8,14,16-17,20H,2-4,9-13,15H2,1H3,(H,24,25,26)/t16-/m1/s1. The minimum absolute atomic E-state index is 0.462. The molecule has 2 aromatic rings. The molecule has 0 spiro atoms. The van der Waals surface area contributed by atoms with Crippen molar-refractivity contribution in [3.8, 4) is 0 Å². The van der Waals surface area contributed by atoms with Crippen LogP contribution in [0.15, 0.2) is 30.3 Å². The number of benzene rings is 1. The van der Waals surface area contributed by atoms with Crippen LogP contribution in [0.3, 0.4) is 0 Å². The van der Waals surface area contributed by atoms with Crippen molar-refractivity contribution < 1.29 is 0 Å². The van der Waals surface area contributed by atoms with Gasteiger partial charge in [0.25, 0.3) is 0 Å². The van der Waals surface area contributed by atoms with Crippen LogP contribution in [0.25, 0.3) is 0 Å². The zero-order valence-corrected chi connectivity index (χ0v) is 16.3. The first kappa shape index (κ1) is 17.0. The van der Waals surface area contributed by atoms with Crippen LogP contribution < -0.4 is 10.2 Å². The molecule has 0 radical (unpaired) electrons. The molecule has 1 aromatic carbocycles. The summed E-state index contributed by atoms with van der Waals surface area (Å²) in [6.45, 7) is 3.27. The van der Waals surface area contributed by atoms with E-state index in [1.54, 1.807) is 0 Å². The topological polar surface area (TPSA) is 41.0 Å². The third-order valence-corrected chi connectivity index (χ3v) is 6.43. The van der Waals surface area contributed by atoms with E-state index < -0.39 is 0 Å². The second-order valence-electron chi connectivity index (χ2n) is 8.67. The average Bonchev–Trinajstić information content (AvgIpc) is 3.53. The summed E-state index contributed by atoms with van der Waals surface area (Å²) in [5.74, 6) is 3.77. The first-order valence-corrected chi connectivity index (χ1v) is 10.8. The molecule has 1 aliphatic heterocycles. The molecule has 1 N–H and O–H groups in total. The van der Waals surface area contributed by atoms with E-state index in [4.69, 9.17) is 9.97 Å². The second kappa shape index (κ2) is 7.14. The lowest BCUT2D eigenvalue weighted by atomic mass is 9.95. The summed E-state index contributed by atoms with van der Waals surface area (Å²) in [5.41, 5.74) is 2.92. The van der Waals surface area contributed by atoms with Crippen LogP contribution in [-0.2, 0) is 13.0 Å². The Kier molecular flexibility index (Phi) is 4.50. The van der Waals surface area contributed by atoms with Crippen LogP contribution in [0.5, 0.6) is 0 Å². The lowest BCUT2D eigenvalue weighted by molar-refractivity contribution is 0.461. The van der Waals surface area contributed by atoms with E-state index in [2.05, 4.69) is 47.5 Å². The van der Waals surface area contributed by atoms with E-state index in [9.17, 15) is 0 Å². The van der Waals surface area contributed by atoms with Gasteiger partial charge >= 0.3 is 0 Å². The van der Waals surface area contributed by atoms with Crippen molar-refractivity contribution in [2.75, 3.05) is 10.2 Å². The second-order valence-corrected chi connectivity index (χ2v) is 8.67. The van der Waals surface area contributed by atoms with E-state index in [1.165, 1.54) is 56.1 Å². The molecule has 4 heteroatoms. The molecule has 142 valence electrons. The predicted octanol–water partition coefficient (Wildman–Crippen LogP) is 5.05. The van der Waals surface area contributed by atoms with Crippen molar-refractivity contribution in [2.24, 2.45) is 0 Å². The van der Waals surface area contributed by atoms with Gasteiger partial charge < -0.3 is 10.2 Å². The maximum absolute atomic E-state index is 5.01. The number of aromatic nitrogens is 2. The third kappa shape index (κ3) is 3.67. The molecule has 4 nitrogen and oxygen atoms in total. The molecular weight excluding hydrogens is 332 g/mol. The minimum atomic E-state index is 0.462. The van der Waals surface area contributed by atoms with Crippen molar-refractivity contribution in [3.05, 3.63) is 47.3 Å². The van der Waals surface area contributed by atoms with E-state index >= 15 is 0 Å². The smallest absolute Gasteiger partial charge is 0.136 e. The molecule has 27 heavy (non-hydrogen) atoms. The molecule has 2 fully saturated rings. The Labute approximate surface area is 162 Å². The predicted molar refractivity (Wildman–Crippen MR) is 110 cm³/mol. The highest BCUT2D eigenvalue weighted by Gasteiger charge is 2.30. The Morgan fingerprint density at radius 3 is 2.52 bits per heavy atom. The lowest BCUT2D eigenvalue weighted by Crippen LogP contribution is -2.39. The summed E-state index contributed by atoms with van der Waals surface area (Å²) in [6.07, 6.45) is 10.2. The van der Waals surface area contributed by atoms with Gasteiger partial charge in [-0.3, -0.25) is 0 Å². The summed E-state index contributed by atoms with van der Waals surface area (Å²) < 4.78 is 0. The summed E-state index contributed by atoms with van der Waals surface area (Å²) >= 11 is 0. The highest BCUT2D eigenvalue weighted by molar-refractivity contribution is 5.53. The van der Waals surface area contributed by atoms with Crippen LogP contribution in [0.2, 0.25) is 0 Å². The molecule has 0 bridgehead atoms. The zero-order chi connectivity index (χ0) is 18.2. The van der Waals surface area contributed by atoms with Crippen LogP contribution in [-0.4, -0.2) is 22.1 Å². The van der Waals surface area contributed by atoms with E-state index in [1.807, 2.05) is 0 Å². The number of fused-ring (bicyclic) bond motifs is 1. The van der Waals surface area contributed by atoms with Crippen molar-refractivity contribution in [2.45, 2.75) is 82.8 Å². The molecule has 0 amide bonds. The Morgan fingerprint density at radius 1 is 0.963 bits per heavy atom. The van der Waals surface area contributed by atoms with Gasteiger partial charge in [0.15, 0.2) is 0 Å². The van der Waals surface area contributed by atoms with Gasteiger partial charge in [-0.1, -0.05) is 43.5 Å². The van der Waals surface area contributed by atoms with Gasteiger partial charge in [-0.05, 0) is 50.2 Å². The van der Waals surface area contributed by atoms with Gasteiger partial charge in [-0.15, -0.1) is 0 Å². The lowest BCUT2D eigenvalue weighted by Gasteiger charge is -2.36. The number of hydrogen-bond donors (Lipinski definition) is 1. The maximum atomic E-state index is 5.01. The van der Waals surface area contributed by atoms with E-state index in [-0.39, 0.29) is 0 Å². The Hall–Kier alpha value is -2.10. The van der Waals surface area contributed by atoms with Crippen molar-refractivity contribution in [1.82, 2.24) is 9.97 Å². The van der Waals surface area contributed by atoms with Gasteiger partial charge in [0.2, 0.25) is 0 Å². The summed E-state index contributed by atoms with van der Waals surface area (Å²) in [5, 5.41) is 3.74. The maximum Gasteiger partial charge on any atom is 0.136 e. The molecular formula is C23H30N4. The van der Waals surface area contributed by atoms with Gasteiger partial charge in [0.05, 0.1) is 0 Å². The van der Waals surface area contributed by atoms with Crippen molar-refractivity contribution >= 4 is 11.6 Å². The molecule has 3 aliphatic rings. The summed E-state index contributed by atoms with van der Waals surface area (Å²) in [4.78, 5) is 12.4. The normalized spacial score (nSPS) is 23.1. The average molecular weight is 363 g/mol. The number of rotatable bonds is 4. The minimum Gasteiger partial charge on any atom is -0.367 e. The third-order valence-electron chi connectivity index (χ3n) is 6.43. The van der Waals surface area contributed by atoms with E-state index in [0.29, 0.717) is 18.0 Å². The molecule has 1 atom stereocenters. The SMILES string of the molecule is C[C@@H]1Cc2ccccc2CN1c1cc(NC2CCCCC2)nc(C2CC2)n1. The zero-order valence-electron chi connectivity index (χ0n) is 16.3. The molecule has 2 aliphatic carbocycles. The van der Waals surface area contributed by atoms with Crippen molar-refractivity contribution in [3.63, 3.8) is 0 Å². The quantitative estimate of drug-likeness (QED) is 0.826. The molecule has 1 aromatic heterocycles. The fraction of sp³-hybridized carbons (Fsp3) is 0.565. The van der Waals surface area contributed by atoms with E-state index in [0.717, 1.165) is 30.4 Å². The largest absolute Gasteiger partial charge is 0.367 e. The first-order chi connectivity index (χ1) is 13.3. The Balaban J connectivity index is 1.44. The van der Waals surface area contributed by atoms with Crippen LogP contribution in [0.4, 0.5) is 11.6 Å². The monoisotopic (exact) mass is 362 g/mol. The summed E-state index contributed by atoms with van der Waals surface area (Å²) in [6, 6.07) is 12.1. The Morgan fingerprint density at radius 2 is 1.74 bits per heavy atom. The molecule has 2 heterocycles. The highest BCUT2D eigenvalue weighted by atomic mass is 15.2. The van der Waals surface area contributed by atoms with Crippen LogP contribution >= 0.6 is 0 Å². The number of hydrogen-bond acceptors (Lipinski definition) is 4. The number of nitrogens with one attached hydrogen (secondary N) is 1. The highest BCUT2D eigenvalue weighted by Crippen LogP contribution is 2.40. The van der Waals surface area contributed by atoms with Gasteiger partial charge in [-0.2, -0.15) is 0 Å². The number of anilines is 2. The first-order valence-electron chi connectivity index (χ1n) is 10.8.